The third kappa shape index (κ3) is 4.49. The van der Waals surface area contributed by atoms with Gasteiger partial charge in [-0.05, 0) is 12.8 Å². The van der Waals surface area contributed by atoms with Crippen LogP contribution in [-0.4, -0.2) is 62.9 Å². The van der Waals surface area contributed by atoms with Crippen molar-refractivity contribution < 1.29 is 19.8 Å². The number of carbonyl (C=O) groups is 2. The van der Waals surface area contributed by atoms with E-state index < -0.39 is 11.5 Å². The van der Waals surface area contributed by atoms with Crippen molar-refractivity contribution in [2.24, 2.45) is 5.41 Å². The molecule has 0 aromatic carbocycles. The first-order valence-corrected chi connectivity index (χ1v) is 9.01. The van der Waals surface area contributed by atoms with Gasteiger partial charge in [-0.15, -0.1) is 10.2 Å². The average Bonchev–Trinajstić information content (AvgIpc) is 3.07. The van der Waals surface area contributed by atoms with Gasteiger partial charge in [-0.3, -0.25) is 9.59 Å². The Morgan fingerprint density at radius 1 is 1.50 bits per heavy atom. The number of hydrogen-bond donors (Lipinski definition) is 3. The van der Waals surface area contributed by atoms with Gasteiger partial charge in [-0.1, -0.05) is 24.7 Å². The minimum atomic E-state index is -0.740. The van der Waals surface area contributed by atoms with E-state index in [2.05, 4.69) is 15.5 Å². The largest absolute Gasteiger partial charge is 0.396 e. The second-order valence-corrected chi connectivity index (χ2v) is 7.00. The Labute approximate surface area is 144 Å². The number of aliphatic hydroxyl groups is 2. The van der Waals surface area contributed by atoms with Crippen LogP contribution in [0.15, 0.2) is 5.51 Å². The molecule has 2 heterocycles. The number of β-amino-alcohol motifs (C(OH)–C–C–N with tert-alkyl or cyclic N) is 1. The van der Waals surface area contributed by atoms with Crippen molar-refractivity contribution in [3.63, 3.8) is 0 Å². The quantitative estimate of drug-likeness (QED) is 0.660. The predicted octanol–water partition coefficient (Wildman–Crippen LogP) is 0.629. The number of nitrogens with one attached hydrogen (secondary N) is 1. The summed E-state index contributed by atoms with van der Waals surface area (Å²) in [6.45, 7) is 2.64. The van der Waals surface area contributed by atoms with Crippen molar-refractivity contribution in [1.29, 1.82) is 0 Å². The van der Waals surface area contributed by atoms with E-state index in [1.165, 1.54) is 16.8 Å². The second-order valence-electron chi connectivity index (χ2n) is 6.17. The van der Waals surface area contributed by atoms with Crippen LogP contribution in [0, 0.1) is 5.41 Å². The number of likely N-dealkylation sites (tertiary alicyclic amines) is 1. The average molecular weight is 356 g/mol. The van der Waals surface area contributed by atoms with Gasteiger partial charge in [0.15, 0.2) is 0 Å². The summed E-state index contributed by atoms with van der Waals surface area (Å²) >= 11 is 1.21. The van der Waals surface area contributed by atoms with Crippen molar-refractivity contribution >= 4 is 28.3 Å². The van der Waals surface area contributed by atoms with Crippen molar-refractivity contribution in [3.05, 3.63) is 5.51 Å². The molecule has 8 nitrogen and oxygen atoms in total. The summed E-state index contributed by atoms with van der Waals surface area (Å²) in [6, 6.07) is 0. The molecule has 2 atom stereocenters. The van der Waals surface area contributed by atoms with Gasteiger partial charge in [-0.25, -0.2) is 0 Å². The molecule has 0 saturated carbocycles. The topological polar surface area (TPSA) is 116 Å². The van der Waals surface area contributed by atoms with E-state index in [4.69, 9.17) is 0 Å². The number of nitrogens with zero attached hydrogens (tertiary/aromatic N) is 3. The number of aliphatic hydroxyl groups excluding tert-OH is 2. The molecule has 1 aliphatic heterocycles. The van der Waals surface area contributed by atoms with Crippen LogP contribution >= 0.6 is 11.3 Å². The number of amides is 2. The molecule has 0 radical (unpaired) electrons. The third-order valence-electron chi connectivity index (χ3n) is 4.57. The summed E-state index contributed by atoms with van der Waals surface area (Å²) in [6.07, 6.45) is 1.58. The van der Waals surface area contributed by atoms with Gasteiger partial charge in [-0.2, -0.15) is 0 Å². The Balaban J connectivity index is 1.80. The molecule has 0 unspecified atom stereocenters. The lowest BCUT2D eigenvalue weighted by molar-refractivity contribution is -0.142. The van der Waals surface area contributed by atoms with E-state index in [0.29, 0.717) is 18.1 Å². The molecule has 0 spiro atoms. The van der Waals surface area contributed by atoms with Gasteiger partial charge < -0.3 is 20.4 Å². The summed E-state index contributed by atoms with van der Waals surface area (Å²) in [5, 5.41) is 30.3. The molecule has 1 aromatic heterocycles. The maximum atomic E-state index is 12.3. The summed E-state index contributed by atoms with van der Waals surface area (Å²) < 4.78 is 0. The summed E-state index contributed by atoms with van der Waals surface area (Å²) in [5.74, 6) is -0.446. The number of hydrogen-bond acceptors (Lipinski definition) is 7. The number of aromatic nitrogens is 2. The van der Waals surface area contributed by atoms with Crippen LogP contribution in [0.1, 0.15) is 39.0 Å². The van der Waals surface area contributed by atoms with Gasteiger partial charge in [0.05, 0.1) is 12.7 Å². The van der Waals surface area contributed by atoms with Crippen molar-refractivity contribution in [2.45, 2.75) is 45.1 Å². The molecule has 9 heteroatoms. The van der Waals surface area contributed by atoms with Gasteiger partial charge >= 0.3 is 0 Å². The fraction of sp³-hybridized carbons (Fsp3) is 0.733. The molecule has 24 heavy (non-hydrogen) atoms. The molecular formula is C15H24N4O4S. The summed E-state index contributed by atoms with van der Waals surface area (Å²) in [5.41, 5.74) is 1.00. The van der Waals surface area contributed by atoms with Crippen LogP contribution in [-0.2, 0) is 9.59 Å². The van der Waals surface area contributed by atoms with Crippen LogP contribution in [0.4, 0.5) is 5.13 Å². The molecular weight excluding hydrogens is 332 g/mol. The minimum absolute atomic E-state index is 0.0606. The number of anilines is 1. The standard InChI is InChI=1S/C15H24N4O4S/c1-2-5-15(9-20)6-7-19(8-11(15)21)13(23)4-3-12(22)17-14-18-16-10-24-14/h10-11,20-21H,2-9H2,1H3,(H,17,18,22)/t11-,15-/m1/s1. The third-order valence-corrected chi connectivity index (χ3v) is 5.17. The van der Waals surface area contributed by atoms with E-state index in [0.717, 1.165) is 12.8 Å². The molecule has 3 N–H and O–H groups in total. The monoisotopic (exact) mass is 356 g/mol. The van der Waals surface area contributed by atoms with Gasteiger partial charge in [0.1, 0.15) is 5.51 Å². The lowest BCUT2D eigenvalue weighted by Gasteiger charge is -2.44. The zero-order valence-corrected chi connectivity index (χ0v) is 14.6. The Kier molecular flexibility index (Phi) is 6.64. The highest BCUT2D eigenvalue weighted by Gasteiger charge is 2.42. The molecule has 134 valence electrons. The molecule has 1 saturated heterocycles. The molecule has 0 bridgehead atoms. The molecule has 1 aromatic rings. The fourth-order valence-corrected chi connectivity index (χ4v) is 3.55. The van der Waals surface area contributed by atoms with Crippen LogP contribution < -0.4 is 5.32 Å². The Morgan fingerprint density at radius 3 is 2.88 bits per heavy atom. The number of piperidine rings is 1. The van der Waals surface area contributed by atoms with Crippen LogP contribution in [0.3, 0.4) is 0 Å². The lowest BCUT2D eigenvalue weighted by atomic mass is 9.73. The van der Waals surface area contributed by atoms with E-state index in [1.54, 1.807) is 4.90 Å². The first-order valence-electron chi connectivity index (χ1n) is 8.13. The van der Waals surface area contributed by atoms with Crippen LogP contribution in [0.2, 0.25) is 0 Å². The maximum Gasteiger partial charge on any atom is 0.226 e. The summed E-state index contributed by atoms with van der Waals surface area (Å²) in [7, 11) is 0. The number of carbonyl (C=O) groups excluding carboxylic acids is 2. The second kappa shape index (κ2) is 8.50. The minimum Gasteiger partial charge on any atom is -0.396 e. The highest BCUT2D eigenvalue weighted by molar-refractivity contribution is 7.13. The maximum absolute atomic E-state index is 12.3. The van der Waals surface area contributed by atoms with Crippen LogP contribution in [0.25, 0.3) is 0 Å². The van der Waals surface area contributed by atoms with Gasteiger partial charge in [0, 0.05) is 31.3 Å². The van der Waals surface area contributed by atoms with Crippen molar-refractivity contribution in [2.75, 3.05) is 25.0 Å². The SMILES string of the molecule is CCC[C@]1(CO)CCN(C(=O)CCC(=O)Nc2nncs2)C[C@H]1O. The smallest absolute Gasteiger partial charge is 0.226 e. The van der Waals surface area contributed by atoms with E-state index >= 15 is 0 Å². The molecule has 1 aliphatic rings. The highest BCUT2D eigenvalue weighted by atomic mass is 32.1. The van der Waals surface area contributed by atoms with Crippen LogP contribution in [0.5, 0.6) is 0 Å². The van der Waals surface area contributed by atoms with E-state index in [1.807, 2.05) is 6.92 Å². The first kappa shape index (κ1) is 18.8. The Hall–Kier alpha value is -1.58. The van der Waals surface area contributed by atoms with Gasteiger partial charge in [0.25, 0.3) is 0 Å². The zero-order valence-electron chi connectivity index (χ0n) is 13.8. The molecule has 2 rings (SSSR count). The predicted molar refractivity (Wildman–Crippen MR) is 89.4 cm³/mol. The van der Waals surface area contributed by atoms with Gasteiger partial charge in [0.2, 0.25) is 16.9 Å². The lowest BCUT2D eigenvalue weighted by Crippen LogP contribution is -2.54. The summed E-state index contributed by atoms with van der Waals surface area (Å²) in [4.78, 5) is 25.6. The van der Waals surface area contributed by atoms with Crippen molar-refractivity contribution in [1.82, 2.24) is 15.1 Å². The Morgan fingerprint density at radius 2 is 2.29 bits per heavy atom. The molecule has 1 fully saturated rings. The van der Waals surface area contributed by atoms with Crippen molar-refractivity contribution in [3.8, 4) is 0 Å². The fourth-order valence-electron chi connectivity index (χ4n) is 3.09. The first-order chi connectivity index (χ1) is 11.5. The number of rotatable bonds is 7. The van der Waals surface area contributed by atoms with E-state index in [9.17, 15) is 19.8 Å². The highest BCUT2D eigenvalue weighted by Crippen LogP contribution is 2.36. The Bertz CT molecular complexity index is 554. The normalized spacial score (nSPS) is 24.0. The zero-order chi connectivity index (χ0) is 17.6. The molecule has 0 aliphatic carbocycles. The molecule has 2 amide bonds. The van der Waals surface area contributed by atoms with E-state index in [-0.39, 0.29) is 37.8 Å².